The minimum absolute atomic E-state index is 0.124. The maximum Gasteiger partial charge on any atom is 0.416 e. The summed E-state index contributed by atoms with van der Waals surface area (Å²) >= 11 is 0. The SMILES string of the molecule is O=C(Nc1cccc2c(=O)cc(-c3cccc(C(F)(F)F)c3)[nH]c12)c1ccncn1. The van der Waals surface area contributed by atoms with Crippen molar-refractivity contribution in [3.05, 3.63) is 88.6 Å². The van der Waals surface area contributed by atoms with Crippen LogP contribution in [0.25, 0.3) is 22.2 Å². The second kappa shape index (κ2) is 7.43. The summed E-state index contributed by atoms with van der Waals surface area (Å²) in [7, 11) is 0. The van der Waals surface area contributed by atoms with Gasteiger partial charge in [-0.3, -0.25) is 9.59 Å². The average molecular weight is 410 g/mol. The van der Waals surface area contributed by atoms with Crippen molar-refractivity contribution in [1.82, 2.24) is 15.0 Å². The highest BCUT2D eigenvalue weighted by Gasteiger charge is 2.30. The van der Waals surface area contributed by atoms with E-state index < -0.39 is 23.1 Å². The molecule has 150 valence electrons. The first-order valence-corrected chi connectivity index (χ1v) is 8.74. The first kappa shape index (κ1) is 19.3. The lowest BCUT2D eigenvalue weighted by molar-refractivity contribution is -0.137. The number of carbonyl (C=O) groups is 1. The Balaban J connectivity index is 1.81. The standard InChI is InChI=1S/C21H13F3N4O2/c22-21(23,24)13-4-1-3-12(9-13)17-10-18(29)14-5-2-6-15(19(14)27-17)28-20(30)16-7-8-25-11-26-16/h1-11H,(H,27,29)(H,28,30). The molecule has 4 aromatic rings. The molecule has 2 aromatic carbocycles. The van der Waals surface area contributed by atoms with Crippen molar-refractivity contribution in [2.24, 2.45) is 0 Å². The Morgan fingerprint density at radius 3 is 2.57 bits per heavy atom. The van der Waals surface area contributed by atoms with Gasteiger partial charge in [-0.25, -0.2) is 9.97 Å². The van der Waals surface area contributed by atoms with Crippen LogP contribution in [0.1, 0.15) is 16.1 Å². The molecular weight excluding hydrogens is 397 g/mol. The van der Waals surface area contributed by atoms with E-state index in [4.69, 9.17) is 0 Å². The van der Waals surface area contributed by atoms with Crippen molar-refractivity contribution in [2.45, 2.75) is 6.18 Å². The van der Waals surface area contributed by atoms with Crippen LogP contribution in [0.5, 0.6) is 0 Å². The van der Waals surface area contributed by atoms with Gasteiger partial charge in [-0.1, -0.05) is 18.2 Å². The number of fused-ring (bicyclic) bond motifs is 1. The fourth-order valence-corrected chi connectivity index (χ4v) is 3.01. The zero-order chi connectivity index (χ0) is 21.3. The van der Waals surface area contributed by atoms with E-state index in [9.17, 15) is 22.8 Å². The minimum atomic E-state index is -4.51. The minimum Gasteiger partial charge on any atom is -0.353 e. The van der Waals surface area contributed by atoms with Crippen LogP contribution >= 0.6 is 0 Å². The normalized spacial score (nSPS) is 11.4. The molecule has 6 nitrogen and oxygen atoms in total. The van der Waals surface area contributed by atoms with Crippen molar-refractivity contribution in [3.63, 3.8) is 0 Å². The van der Waals surface area contributed by atoms with Gasteiger partial charge in [-0.05, 0) is 35.9 Å². The molecule has 0 aliphatic rings. The number of nitrogens with zero attached hydrogens (tertiary/aromatic N) is 2. The number of rotatable bonds is 3. The maximum atomic E-state index is 13.1. The maximum absolute atomic E-state index is 13.1. The van der Waals surface area contributed by atoms with Crippen LogP contribution in [0.2, 0.25) is 0 Å². The summed E-state index contributed by atoms with van der Waals surface area (Å²) in [6.07, 6.45) is -1.87. The molecule has 4 rings (SSSR count). The first-order chi connectivity index (χ1) is 14.3. The lowest BCUT2D eigenvalue weighted by Gasteiger charge is -2.12. The number of aromatic amines is 1. The molecule has 0 saturated carbocycles. The number of H-pyrrole nitrogens is 1. The van der Waals surface area contributed by atoms with Gasteiger partial charge in [0.25, 0.3) is 5.91 Å². The van der Waals surface area contributed by atoms with Gasteiger partial charge in [0.05, 0.1) is 16.8 Å². The number of hydrogen-bond acceptors (Lipinski definition) is 4. The molecule has 0 spiro atoms. The Labute approximate surface area is 167 Å². The number of pyridine rings is 1. The van der Waals surface area contributed by atoms with Crippen LogP contribution in [0, 0.1) is 0 Å². The quantitative estimate of drug-likeness (QED) is 0.528. The number of aromatic nitrogens is 3. The van der Waals surface area contributed by atoms with Crippen LogP contribution < -0.4 is 10.7 Å². The molecule has 2 N–H and O–H groups in total. The zero-order valence-electron chi connectivity index (χ0n) is 15.2. The molecule has 30 heavy (non-hydrogen) atoms. The first-order valence-electron chi connectivity index (χ1n) is 8.74. The van der Waals surface area contributed by atoms with Crippen molar-refractivity contribution in [1.29, 1.82) is 0 Å². The van der Waals surface area contributed by atoms with E-state index in [1.165, 1.54) is 36.8 Å². The highest BCUT2D eigenvalue weighted by molar-refractivity contribution is 6.07. The number of amides is 1. The van der Waals surface area contributed by atoms with Gasteiger partial charge >= 0.3 is 6.18 Å². The van der Waals surface area contributed by atoms with E-state index in [0.717, 1.165) is 12.1 Å². The topological polar surface area (TPSA) is 87.7 Å². The molecule has 0 bridgehead atoms. The summed E-state index contributed by atoms with van der Waals surface area (Å²) in [4.78, 5) is 35.6. The summed E-state index contributed by atoms with van der Waals surface area (Å²) < 4.78 is 39.2. The van der Waals surface area contributed by atoms with Gasteiger partial charge in [0.1, 0.15) is 12.0 Å². The van der Waals surface area contributed by atoms with E-state index in [1.54, 1.807) is 18.2 Å². The van der Waals surface area contributed by atoms with Crippen LogP contribution in [0.15, 0.2) is 71.9 Å². The second-order valence-electron chi connectivity index (χ2n) is 6.40. The molecule has 0 atom stereocenters. The fourth-order valence-electron chi connectivity index (χ4n) is 3.01. The summed E-state index contributed by atoms with van der Waals surface area (Å²) in [5.74, 6) is -0.518. The van der Waals surface area contributed by atoms with Crippen molar-refractivity contribution < 1.29 is 18.0 Å². The molecular formula is C21H13F3N4O2. The molecule has 2 heterocycles. The van der Waals surface area contributed by atoms with Gasteiger partial charge in [0.15, 0.2) is 5.43 Å². The predicted molar refractivity (Wildman–Crippen MR) is 105 cm³/mol. The Kier molecular flexibility index (Phi) is 4.78. The molecule has 0 unspecified atom stereocenters. The Morgan fingerprint density at radius 2 is 1.83 bits per heavy atom. The lowest BCUT2D eigenvalue weighted by Crippen LogP contribution is -2.15. The van der Waals surface area contributed by atoms with Gasteiger partial charge < -0.3 is 10.3 Å². The van der Waals surface area contributed by atoms with Gasteiger partial charge in [-0.15, -0.1) is 0 Å². The number of alkyl halides is 3. The summed E-state index contributed by atoms with van der Waals surface area (Å²) in [6, 6.07) is 12.0. The van der Waals surface area contributed by atoms with Crippen LogP contribution in [-0.4, -0.2) is 20.9 Å². The monoisotopic (exact) mass is 410 g/mol. The number of hydrogen-bond donors (Lipinski definition) is 2. The number of para-hydroxylation sites is 1. The third-order valence-electron chi connectivity index (χ3n) is 4.43. The molecule has 0 radical (unpaired) electrons. The van der Waals surface area contributed by atoms with E-state index in [1.807, 2.05) is 0 Å². The van der Waals surface area contributed by atoms with Crippen LogP contribution in [-0.2, 0) is 6.18 Å². The third kappa shape index (κ3) is 3.77. The summed E-state index contributed by atoms with van der Waals surface area (Å²) in [5.41, 5.74) is -0.121. The van der Waals surface area contributed by atoms with Crippen molar-refractivity contribution >= 4 is 22.5 Å². The predicted octanol–water partition coefficient (Wildman–Crippen LogP) is 4.26. The van der Waals surface area contributed by atoms with E-state index >= 15 is 0 Å². The number of nitrogens with one attached hydrogen (secondary N) is 2. The lowest BCUT2D eigenvalue weighted by atomic mass is 10.1. The number of benzene rings is 2. The van der Waals surface area contributed by atoms with Crippen LogP contribution in [0.4, 0.5) is 18.9 Å². The summed E-state index contributed by atoms with van der Waals surface area (Å²) in [5, 5.41) is 2.95. The molecule has 0 aliphatic heterocycles. The smallest absolute Gasteiger partial charge is 0.353 e. The highest BCUT2D eigenvalue weighted by Crippen LogP contribution is 2.32. The number of anilines is 1. The average Bonchev–Trinajstić information content (AvgIpc) is 2.74. The van der Waals surface area contributed by atoms with E-state index in [-0.39, 0.29) is 22.3 Å². The van der Waals surface area contributed by atoms with Gasteiger partial charge in [0.2, 0.25) is 0 Å². The largest absolute Gasteiger partial charge is 0.416 e. The van der Waals surface area contributed by atoms with E-state index in [2.05, 4.69) is 20.3 Å². The van der Waals surface area contributed by atoms with Crippen LogP contribution in [0.3, 0.4) is 0 Å². The van der Waals surface area contributed by atoms with Gasteiger partial charge in [0, 0.05) is 23.3 Å². The van der Waals surface area contributed by atoms with E-state index in [0.29, 0.717) is 11.2 Å². The Morgan fingerprint density at radius 1 is 1.03 bits per heavy atom. The molecule has 0 saturated heterocycles. The van der Waals surface area contributed by atoms with Crippen molar-refractivity contribution in [2.75, 3.05) is 5.32 Å². The van der Waals surface area contributed by atoms with Crippen molar-refractivity contribution in [3.8, 4) is 11.3 Å². The third-order valence-corrected chi connectivity index (χ3v) is 4.43. The molecule has 2 aromatic heterocycles. The summed E-state index contributed by atoms with van der Waals surface area (Å²) in [6.45, 7) is 0. The molecule has 1 amide bonds. The number of carbonyl (C=O) groups excluding carboxylic acids is 1. The molecule has 0 fully saturated rings. The Hall–Kier alpha value is -4.01. The fraction of sp³-hybridized carbons (Fsp3) is 0.0476. The highest BCUT2D eigenvalue weighted by atomic mass is 19.4. The molecule has 0 aliphatic carbocycles. The number of halogens is 3. The second-order valence-corrected chi connectivity index (χ2v) is 6.40. The van der Waals surface area contributed by atoms with Gasteiger partial charge in [-0.2, -0.15) is 13.2 Å². The molecule has 9 heteroatoms. The zero-order valence-corrected chi connectivity index (χ0v) is 15.2. The Bertz CT molecular complexity index is 1300.